The summed E-state index contributed by atoms with van der Waals surface area (Å²) in [5.74, 6) is 0.445. The van der Waals surface area contributed by atoms with E-state index in [4.69, 9.17) is 5.10 Å². The highest BCUT2D eigenvalue weighted by atomic mass is 19.1. The van der Waals surface area contributed by atoms with Crippen LogP contribution < -0.4 is 4.90 Å². The highest BCUT2D eigenvalue weighted by Crippen LogP contribution is 2.30. The summed E-state index contributed by atoms with van der Waals surface area (Å²) in [6.07, 6.45) is 3.84. The summed E-state index contributed by atoms with van der Waals surface area (Å²) in [5.41, 5.74) is 3.86. The first kappa shape index (κ1) is 21.9. The molecule has 0 spiro atoms. The predicted molar refractivity (Wildman–Crippen MR) is 129 cm³/mol. The molecule has 1 aliphatic rings. The van der Waals surface area contributed by atoms with Gasteiger partial charge < -0.3 is 4.90 Å². The van der Waals surface area contributed by atoms with E-state index < -0.39 is 6.17 Å². The normalized spacial score (nSPS) is 15.3. The van der Waals surface area contributed by atoms with Gasteiger partial charge in [0.25, 0.3) is 0 Å². The molecule has 1 aliphatic heterocycles. The van der Waals surface area contributed by atoms with Crippen LogP contribution in [0.15, 0.2) is 73.1 Å². The lowest BCUT2D eigenvalue weighted by Crippen LogP contribution is -2.50. The van der Waals surface area contributed by atoms with E-state index in [0.29, 0.717) is 43.4 Å². The summed E-state index contributed by atoms with van der Waals surface area (Å²) < 4.78 is 15.6. The van der Waals surface area contributed by atoms with Crippen molar-refractivity contribution in [2.45, 2.75) is 13.1 Å². The number of carbonyl (C=O) groups excluding carboxylic acids is 1. The SMILES string of the molecule is Cc1cc(-c2cc(-c3ccccc3)n(C(C=O)N3CCN(c4ncccn4)CC3)n2)ccc1F. The Morgan fingerprint density at radius 3 is 2.32 bits per heavy atom. The van der Waals surface area contributed by atoms with Crippen molar-refractivity contribution in [2.24, 2.45) is 0 Å². The first-order chi connectivity index (χ1) is 16.6. The molecule has 0 radical (unpaired) electrons. The minimum atomic E-state index is -0.565. The monoisotopic (exact) mass is 456 g/mol. The molecule has 172 valence electrons. The molecule has 1 unspecified atom stereocenters. The Balaban J connectivity index is 1.47. The van der Waals surface area contributed by atoms with Gasteiger partial charge in [-0.3, -0.25) is 9.69 Å². The topological polar surface area (TPSA) is 67.2 Å². The summed E-state index contributed by atoms with van der Waals surface area (Å²) in [5, 5.41) is 4.83. The standard InChI is InChI=1S/C26H25FN6O/c1-19-16-21(8-9-22(19)27)23-17-24(20-6-3-2-4-7-20)33(30-23)25(18-34)31-12-14-32(15-13-31)26-28-10-5-11-29-26/h2-11,16-18,25H,12-15H2,1H3. The zero-order chi connectivity index (χ0) is 23.5. The summed E-state index contributed by atoms with van der Waals surface area (Å²) in [4.78, 5) is 25.3. The maximum absolute atomic E-state index is 13.9. The quantitative estimate of drug-likeness (QED) is 0.409. The van der Waals surface area contributed by atoms with Crippen LogP contribution in [-0.4, -0.2) is 57.1 Å². The molecule has 1 atom stereocenters. The van der Waals surface area contributed by atoms with Gasteiger partial charge in [-0.25, -0.2) is 19.0 Å². The molecule has 5 rings (SSSR count). The number of hydrogen-bond acceptors (Lipinski definition) is 6. The number of benzene rings is 2. The fourth-order valence-corrected chi connectivity index (χ4v) is 4.31. The Morgan fingerprint density at radius 2 is 1.65 bits per heavy atom. The number of rotatable bonds is 6. The zero-order valence-electron chi connectivity index (χ0n) is 18.9. The van der Waals surface area contributed by atoms with E-state index in [9.17, 15) is 9.18 Å². The highest BCUT2D eigenvalue weighted by Gasteiger charge is 2.28. The lowest BCUT2D eigenvalue weighted by molar-refractivity contribution is -0.115. The fourth-order valence-electron chi connectivity index (χ4n) is 4.31. The second-order valence-corrected chi connectivity index (χ2v) is 8.31. The molecule has 0 bridgehead atoms. The molecule has 4 aromatic rings. The Labute approximate surface area is 197 Å². The van der Waals surface area contributed by atoms with Gasteiger partial charge >= 0.3 is 0 Å². The van der Waals surface area contributed by atoms with Gasteiger partial charge in [0.05, 0.1) is 11.4 Å². The third-order valence-electron chi connectivity index (χ3n) is 6.15. The largest absolute Gasteiger partial charge is 0.338 e. The van der Waals surface area contributed by atoms with Crippen molar-refractivity contribution in [1.82, 2.24) is 24.6 Å². The van der Waals surface area contributed by atoms with Crippen molar-refractivity contribution in [2.75, 3.05) is 31.1 Å². The van der Waals surface area contributed by atoms with Crippen molar-refractivity contribution < 1.29 is 9.18 Å². The van der Waals surface area contributed by atoms with Crippen LogP contribution in [0.3, 0.4) is 0 Å². The number of aromatic nitrogens is 4. The van der Waals surface area contributed by atoms with Gasteiger partial charge in [0, 0.05) is 44.1 Å². The number of aryl methyl sites for hydroxylation is 1. The second kappa shape index (κ2) is 9.52. The van der Waals surface area contributed by atoms with Crippen LogP contribution in [0.25, 0.3) is 22.5 Å². The fraction of sp³-hybridized carbons (Fsp3) is 0.231. The van der Waals surface area contributed by atoms with Crippen LogP contribution in [0.1, 0.15) is 11.7 Å². The van der Waals surface area contributed by atoms with E-state index in [1.165, 1.54) is 6.07 Å². The van der Waals surface area contributed by atoms with Gasteiger partial charge in [-0.15, -0.1) is 0 Å². The van der Waals surface area contributed by atoms with Crippen LogP contribution in [0.2, 0.25) is 0 Å². The number of halogens is 1. The Bertz CT molecular complexity index is 1270. The first-order valence-electron chi connectivity index (χ1n) is 11.3. The van der Waals surface area contributed by atoms with Crippen molar-refractivity contribution in [3.63, 3.8) is 0 Å². The maximum Gasteiger partial charge on any atom is 0.225 e. The minimum Gasteiger partial charge on any atom is -0.338 e. The number of anilines is 1. The van der Waals surface area contributed by atoms with Gasteiger partial charge in [-0.1, -0.05) is 30.3 Å². The molecular weight excluding hydrogens is 431 g/mol. The molecule has 1 fully saturated rings. The Hall–Kier alpha value is -3.91. The number of piperazine rings is 1. The third-order valence-corrected chi connectivity index (χ3v) is 6.15. The van der Waals surface area contributed by atoms with Crippen LogP contribution in [0.5, 0.6) is 0 Å². The lowest BCUT2D eigenvalue weighted by Gasteiger charge is -2.37. The third kappa shape index (κ3) is 4.32. The van der Waals surface area contributed by atoms with E-state index in [-0.39, 0.29) is 5.82 Å². The van der Waals surface area contributed by atoms with Crippen LogP contribution in [0.4, 0.5) is 10.3 Å². The summed E-state index contributed by atoms with van der Waals surface area (Å²) in [6, 6.07) is 18.6. The summed E-state index contributed by atoms with van der Waals surface area (Å²) >= 11 is 0. The number of hydrogen-bond donors (Lipinski definition) is 0. The Kier molecular flexibility index (Phi) is 6.14. The molecule has 0 N–H and O–H groups in total. The summed E-state index contributed by atoms with van der Waals surface area (Å²) in [6.45, 7) is 4.49. The average Bonchev–Trinajstić information content (AvgIpc) is 3.33. The van der Waals surface area contributed by atoms with Crippen molar-refractivity contribution in [3.8, 4) is 22.5 Å². The van der Waals surface area contributed by atoms with Crippen LogP contribution >= 0.6 is 0 Å². The van der Waals surface area contributed by atoms with Crippen molar-refractivity contribution in [1.29, 1.82) is 0 Å². The number of aldehydes is 1. The van der Waals surface area contributed by atoms with E-state index in [0.717, 1.165) is 23.1 Å². The predicted octanol–water partition coefficient (Wildman–Crippen LogP) is 3.97. The molecule has 0 aliphatic carbocycles. The van der Waals surface area contributed by atoms with E-state index >= 15 is 0 Å². The first-order valence-corrected chi connectivity index (χ1v) is 11.3. The lowest BCUT2D eigenvalue weighted by atomic mass is 10.1. The summed E-state index contributed by atoms with van der Waals surface area (Å²) in [7, 11) is 0. The maximum atomic E-state index is 13.9. The second-order valence-electron chi connectivity index (χ2n) is 8.31. The molecule has 1 saturated heterocycles. The van der Waals surface area contributed by atoms with E-state index in [1.54, 1.807) is 42.2 Å². The number of nitrogens with zero attached hydrogens (tertiary/aromatic N) is 6. The Morgan fingerprint density at radius 1 is 0.912 bits per heavy atom. The van der Waals surface area contributed by atoms with E-state index in [1.807, 2.05) is 36.4 Å². The van der Waals surface area contributed by atoms with E-state index in [2.05, 4.69) is 19.8 Å². The van der Waals surface area contributed by atoms with Crippen LogP contribution in [0, 0.1) is 12.7 Å². The molecular formula is C26H25FN6O. The minimum absolute atomic E-state index is 0.252. The smallest absolute Gasteiger partial charge is 0.225 e. The number of carbonyl (C=O) groups is 1. The molecule has 0 amide bonds. The highest BCUT2D eigenvalue weighted by molar-refractivity contribution is 5.71. The molecule has 8 heteroatoms. The zero-order valence-corrected chi connectivity index (χ0v) is 18.9. The van der Waals surface area contributed by atoms with Crippen molar-refractivity contribution in [3.05, 3.63) is 84.4 Å². The van der Waals surface area contributed by atoms with Crippen molar-refractivity contribution >= 4 is 12.2 Å². The molecule has 2 aromatic heterocycles. The van der Waals surface area contributed by atoms with Gasteiger partial charge in [-0.05, 0) is 48.4 Å². The average molecular weight is 457 g/mol. The molecule has 7 nitrogen and oxygen atoms in total. The molecule has 3 heterocycles. The molecule has 34 heavy (non-hydrogen) atoms. The van der Waals surface area contributed by atoms with Gasteiger partial charge in [-0.2, -0.15) is 5.10 Å². The van der Waals surface area contributed by atoms with Gasteiger partial charge in [0.1, 0.15) is 5.82 Å². The van der Waals surface area contributed by atoms with Gasteiger partial charge in [0.2, 0.25) is 5.95 Å². The molecule has 2 aromatic carbocycles. The van der Waals surface area contributed by atoms with Crippen LogP contribution in [-0.2, 0) is 4.79 Å². The van der Waals surface area contributed by atoms with Gasteiger partial charge in [0.15, 0.2) is 12.5 Å². The molecule has 0 saturated carbocycles.